The van der Waals surface area contributed by atoms with E-state index in [-0.39, 0.29) is 18.4 Å². The molecule has 0 bridgehead atoms. The zero-order valence-electron chi connectivity index (χ0n) is 17.6. The second kappa shape index (κ2) is 8.74. The topological polar surface area (TPSA) is 76.9 Å². The van der Waals surface area contributed by atoms with Crippen LogP contribution in [0.5, 0.6) is 11.5 Å². The van der Waals surface area contributed by atoms with Crippen LogP contribution in [0.15, 0.2) is 67.0 Å². The van der Waals surface area contributed by atoms with Crippen LogP contribution in [0.2, 0.25) is 0 Å². The molecule has 0 spiro atoms. The van der Waals surface area contributed by atoms with Crippen molar-refractivity contribution in [1.29, 1.82) is 0 Å². The van der Waals surface area contributed by atoms with Crippen LogP contribution in [0.4, 0.5) is 0 Å². The number of amides is 2. The van der Waals surface area contributed by atoms with Gasteiger partial charge in [0, 0.05) is 32.4 Å². The monoisotopic (exact) mass is 432 g/mol. The molecule has 1 aromatic heterocycles. The fourth-order valence-corrected chi connectivity index (χ4v) is 3.99. The fourth-order valence-electron chi connectivity index (χ4n) is 3.99. The van der Waals surface area contributed by atoms with Gasteiger partial charge in [-0.15, -0.1) is 0 Å². The first-order valence-corrected chi connectivity index (χ1v) is 10.7. The predicted octanol–water partition coefficient (Wildman–Crippen LogP) is 2.06. The molecule has 2 aliphatic heterocycles. The number of nitrogens with zero attached hydrogens (tertiary/aromatic N) is 4. The number of rotatable bonds is 4. The first kappa shape index (κ1) is 20.1. The molecule has 3 aromatic rings. The van der Waals surface area contributed by atoms with E-state index >= 15 is 0 Å². The van der Waals surface area contributed by atoms with Crippen LogP contribution in [-0.2, 0) is 11.3 Å². The summed E-state index contributed by atoms with van der Waals surface area (Å²) in [6, 6.07) is 17.3. The SMILES string of the molecule is O=C(c1cnn(Cc2ccccc2)c1)N1CCN(C(=O)C2COc3ccccc3O2)CC1. The molecule has 164 valence electrons. The summed E-state index contributed by atoms with van der Waals surface area (Å²) in [5.74, 6) is 1.06. The lowest BCUT2D eigenvalue weighted by molar-refractivity contribution is -0.142. The molecule has 1 atom stereocenters. The van der Waals surface area contributed by atoms with Gasteiger partial charge in [-0.3, -0.25) is 14.3 Å². The van der Waals surface area contributed by atoms with Gasteiger partial charge in [-0.1, -0.05) is 42.5 Å². The summed E-state index contributed by atoms with van der Waals surface area (Å²) in [6.07, 6.45) is 2.72. The number of carbonyl (C=O) groups is 2. The van der Waals surface area contributed by atoms with E-state index < -0.39 is 6.10 Å². The Hall–Kier alpha value is -3.81. The van der Waals surface area contributed by atoms with Crippen LogP contribution in [0.25, 0.3) is 0 Å². The third kappa shape index (κ3) is 4.16. The maximum absolute atomic E-state index is 12.9. The summed E-state index contributed by atoms with van der Waals surface area (Å²) in [7, 11) is 0. The second-order valence-electron chi connectivity index (χ2n) is 7.89. The van der Waals surface area contributed by atoms with Crippen LogP contribution in [-0.4, -0.2) is 70.3 Å². The Balaban J connectivity index is 1.15. The van der Waals surface area contributed by atoms with Gasteiger partial charge in [-0.05, 0) is 17.7 Å². The first-order valence-electron chi connectivity index (χ1n) is 10.7. The van der Waals surface area contributed by atoms with Gasteiger partial charge in [-0.25, -0.2) is 0 Å². The Labute approximate surface area is 185 Å². The van der Waals surface area contributed by atoms with Gasteiger partial charge in [0.2, 0.25) is 6.10 Å². The van der Waals surface area contributed by atoms with Crippen molar-refractivity contribution in [2.45, 2.75) is 12.6 Å². The van der Waals surface area contributed by atoms with Gasteiger partial charge >= 0.3 is 0 Å². The van der Waals surface area contributed by atoms with E-state index in [1.165, 1.54) is 0 Å². The third-order valence-corrected chi connectivity index (χ3v) is 5.73. The largest absolute Gasteiger partial charge is 0.485 e. The molecule has 1 saturated heterocycles. The number of hydrogen-bond acceptors (Lipinski definition) is 5. The molecule has 32 heavy (non-hydrogen) atoms. The molecule has 2 aliphatic rings. The van der Waals surface area contributed by atoms with E-state index in [4.69, 9.17) is 9.47 Å². The maximum atomic E-state index is 12.9. The zero-order valence-corrected chi connectivity index (χ0v) is 17.6. The minimum Gasteiger partial charge on any atom is -0.485 e. The number of piperazine rings is 1. The number of ether oxygens (including phenoxy) is 2. The number of hydrogen-bond donors (Lipinski definition) is 0. The van der Waals surface area contributed by atoms with Gasteiger partial charge in [0.25, 0.3) is 11.8 Å². The first-order chi connectivity index (χ1) is 15.7. The Kier molecular flexibility index (Phi) is 5.49. The smallest absolute Gasteiger partial charge is 0.267 e. The van der Waals surface area contributed by atoms with E-state index in [1.807, 2.05) is 48.5 Å². The van der Waals surface area contributed by atoms with Gasteiger partial charge in [-0.2, -0.15) is 5.10 Å². The maximum Gasteiger partial charge on any atom is 0.267 e. The van der Waals surface area contributed by atoms with E-state index in [1.54, 1.807) is 32.9 Å². The van der Waals surface area contributed by atoms with Crippen molar-refractivity contribution in [2.24, 2.45) is 0 Å². The number of carbonyl (C=O) groups excluding carboxylic acids is 2. The van der Waals surface area contributed by atoms with Crippen LogP contribution in [0.3, 0.4) is 0 Å². The van der Waals surface area contributed by atoms with Crippen molar-refractivity contribution in [2.75, 3.05) is 32.8 Å². The average Bonchev–Trinajstić information content (AvgIpc) is 3.32. The minimum absolute atomic E-state index is 0.0670. The molecular weight excluding hydrogens is 408 g/mol. The van der Waals surface area contributed by atoms with Crippen LogP contribution < -0.4 is 9.47 Å². The van der Waals surface area contributed by atoms with Crippen molar-refractivity contribution in [3.63, 3.8) is 0 Å². The molecule has 0 saturated carbocycles. The van der Waals surface area contributed by atoms with E-state index in [2.05, 4.69) is 5.10 Å². The van der Waals surface area contributed by atoms with Crippen LogP contribution >= 0.6 is 0 Å². The van der Waals surface area contributed by atoms with Gasteiger partial charge in [0.05, 0.1) is 18.3 Å². The molecule has 1 unspecified atom stereocenters. The quantitative estimate of drug-likeness (QED) is 0.631. The summed E-state index contributed by atoms with van der Waals surface area (Å²) in [4.78, 5) is 29.3. The number of benzene rings is 2. The van der Waals surface area contributed by atoms with Crippen molar-refractivity contribution >= 4 is 11.8 Å². The highest BCUT2D eigenvalue weighted by atomic mass is 16.6. The minimum atomic E-state index is -0.664. The molecule has 2 aromatic carbocycles. The molecule has 8 heteroatoms. The van der Waals surface area contributed by atoms with E-state index in [0.717, 1.165) is 5.56 Å². The molecule has 3 heterocycles. The average molecular weight is 432 g/mol. The van der Waals surface area contributed by atoms with Gasteiger partial charge < -0.3 is 19.3 Å². The normalized spacial score (nSPS) is 17.8. The molecule has 0 aliphatic carbocycles. The molecular formula is C24H24N4O4. The Bertz CT molecular complexity index is 1110. The molecule has 0 N–H and O–H groups in total. The van der Waals surface area contributed by atoms with Crippen molar-refractivity contribution in [3.05, 3.63) is 78.1 Å². The standard InChI is InChI=1S/C24H24N4O4/c29-23(19-14-25-28(16-19)15-18-6-2-1-3-7-18)26-10-12-27(13-11-26)24(30)22-17-31-20-8-4-5-9-21(20)32-22/h1-9,14,16,22H,10-13,15,17H2. The molecule has 8 nitrogen and oxygen atoms in total. The molecule has 1 fully saturated rings. The number of para-hydroxylation sites is 2. The summed E-state index contributed by atoms with van der Waals surface area (Å²) in [5, 5.41) is 4.32. The highest BCUT2D eigenvalue weighted by molar-refractivity contribution is 5.94. The Morgan fingerprint density at radius 2 is 1.59 bits per heavy atom. The van der Waals surface area contributed by atoms with Crippen molar-refractivity contribution in [3.8, 4) is 11.5 Å². The highest BCUT2D eigenvalue weighted by Gasteiger charge is 2.33. The van der Waals surface area contributed by atoms with Crippen LogP contribution in [0, 0.1) is 0 Å². The van der Waals surface area contributed by atoms with Gasteiger partial charge in [0.1, 0.15) is 6.61 Å². The summed E-state index contributed by atoms with van der Waals surface area (Å²) < 4.78 is 13.3. The fraction of sp³-hybridized carbons (Fsp3) is 0.292. The zero-order chi connectivity index (χ0) is 21.9. The van der Waals surface area contributed by atoms with Crippen molar-refractivity contribution < 1.29 is 19.1 Å². The molecule has 0 radical (unpaired) electrons. The number of fused-ring (bicyclic) bond motifs is 1. The lowest BCUT2D eigenvalue weighted by atomic mass is 10.2. The predicted molar refractivity (Wildman–Crippen MR) is 117 cm³/mol. The van der Waals surface area contributed by atoms with E-state index in [0.29, 0.717) is 49.8 Å². The van der Waals surface area contributed by atoms with E-state index in [9.17, 15) is 9.59 Å². The second-order valence-corrected chi connectivity index (χ2v) is 7.89. The lowest BCUT2D eigenvalue weighted by Crippen LogP contribution is -2.55. The molecule has 5 rings (SSSR count). The molecule has 2 amide bonds. The summed E-state index contributed by atoms with van der Waals surface area (Å²) >= 11 is 0. The lowest BCUT2D eigenvalue weighted by Gasteiger charge is -2.37. The van der Waals surface area contributed by atoms with Crippen LogP contribution in [0.1, 0.15) is 15.9 Å². The van der Waals surface area contributed by atoms with Crippen molar-refractivity contribution in [1.82, 2.24) is 19.6 Å². The Morgan fingerprint density at radius 3 is 2.38 bits per heavy atom. The summed E-state index contributed by atoms with van der Waals surface area (Å²) in [6.45, 7) is 2.67. The van der Waals surface area contributed by atoms with Gasteiger partial charge in [0.15, 0.2) is 11.5 Å². The third-order valence-electron chi connectivity index (χ3n) is 5.73. The summed E-state index contributed by atoms with van der Waals surface area (Å²) in [5.41, 5.74) is 1.68. The Morgan fingerprint density at radius 1 is 0.906 bits per heavy atom. The number of aromatic nitrogens is 2. The highest BCUT2D eigenvalue weighted by Crippen LogP contribution is 2.31.